The molecule has 0 aliphatic rings. The molecule has 7 nitrogen and oxygen atoms in total. The Kier molecular flexibility index (Phi) is 8.49. The summed E-state index contributed by atoms with van der Waals surface area (Å²) in [5.74, 6) is 0.656. The van der Waals surface area contributed by atoms with Crippen molar-refractivity contribution in [3.63, 3.8) is 0 Å². The van der Waals surface area contributed by atoms with Crippen LogP contribution >= 0.6 is 11.3 Å². The molecule has 0 bridgehead atoms. The van der Waals surface area contributed by atoms with Gasteiger partial charge < -0.3 is 18.0 Å². The zero-order valence-corrected chi connectivity index (χ0v) is 39.6. The van der Waals surface area contributed by atoms with Crippen LogP contribution in [0, 0.1) is 0 Å². The molecule has 0 saturated carbocycles. The van der Waals surface area contributed by atoms with Crippen LogP contribution in [0.15, 0.2) is 233 Å². The van der Waals surface area contributed by atoms with Gasteiger partial charge in [-0.3, -0.25) is 0 Å². The highest BCUT2D eigenvalue weighted by Gasteiger charge is 2.22. The maximum absolute atomic E-state index is 6.62. The number of nitrogens with zero attached hydrogens (tertiary/aromatic N) is 5. The second-order valence-electron chi connectivity index (χ2n) is 18.7. The molecule has 340 valence electrons. The fraction of sp³-hybridized carbons (Fsp3) is 0. The molecule has 73 heavy (non-hydrogen) atoms. The van der Waals surface area contributed by atoms with Crippen molar-refractivity contribution in [3.8, 4) is 56.4 Å². The van der Waals surface area contributed by atoms with E-state index < -0.39 is 0 Å². The number of para-hydroxylation sites is 3. The van der Waals surface area contributed by atoms with Crippen LogP contribution in [0.1, 0.15) is 0 Å². The molecule has 10 aromatic carbocycles. The van der Waals surface area contributed by atoms with Gasteiger partial charge in [-0.1, -0.05) is 109 Å². The monoisotopic (exact) mass is 951 g/mol. The molecule has 0 radical (unpaired) electrons. The number of benzene rings is 10. The Morgan fingerprint density at radius 2 is 0.904 bits per heavy atom. The van der Waals surface area contributed by atoms with E-state index in [9.17, 15) is 0 Å². The van der Waals surface area contributed by atoms with Crippen molar-refractivity contribution in [2.24, 2.45) is 0 Å². The van der Waals surface area contributed by atoms with Gasteiger partial charge in [-0.05, 0) is 120 Å². The van der Waals surface area contributed by atoms with Gasteiger partial charge in [-0.25, -0.2) is 15.0 Å². The summed E-state index contributed by atoms with van der Waals surface area (Å²) < 4.78 is 18.8. The minimum atomic E-state index is 0.656. The van der Waals surface area contributed by atoms with E-state index in [1.807, 2.05) is 23.7 Å². The molecule has 0 amide bonds. The number of fused-ring (bicyclic) bond motifs is 15. The van der Waals surface area contributed by atoms with Crippen LogP contribution in [0.25, 0.3) is 154 Å². The Balaban J connectivity index is 0.812. The Bertz CT molecular complexity index is 4920. The van der Waals surface area contributed by atoms with E-state index in [0.29, 0.717) is 5.82 Å². The standard InChI is InChI=1S/C65H37N5O2S/c1-2-11-38(12-3-1)50-36-51(68-65(67-50)39-21-24-43(25-22-39)69-52-18-7-4-15-45(52)61-54(69)28-31-58-63(61)47-17-6-9-20-56(47)71-58)42-14-10-13-40(33-42)41-23-30-57-48(34-41)64-59(72-57)32-29-55-62(64)46-16-5-8-19-53(46)70(55)44-26-27-49-60(35-44)73-37-66-49/h1-37H. The lowest BCUT2D eigenvalue weighted by atomic mass is 9.98. The molecule has 0 aliphatic carbocycles. The highest BCUT2D eigenvalue weighted by molar-refractivity contribution is 7.16. The van der Waals surface area contributed by atoms with E-state index in [0.717, 1.165) is 127 Å². The minimum Gasteiger partial charge on any atom is -0.456 e. The topological polar surface area (TPSA) is 74.8 Å². The molecule has 6 aromatic heterocycles. The molecule has 16 aromatic rings. The summed E-state index contributed by atoms with van der Waals surface area (Å²) in [4.78, 5) is 15.1. The van der Waals surface area contributed by atoms with E-state index in [2.05, 4.69) is 214 Å². The van der Waals surface area contributed by atoms with Gasteiger partial charge in [0.1, 0.15) is 22.3 Å². The lowest BCUT2D eigenvalue weighted by Crippen LogP contribution is -1.97. The first-order valence-electron chi connectivity index (χ1n) is 24.4. The van der Waals surface area contributed by atoms with Gasteiger partial charge in [0.05, 0.1) is 49.2 Å². The van der Waals surface area contributed by atoms with Crippen LogP contribution < -0.4 is 0 Å². The van der Waals surface area contributed by atoms with Crippen molar-refractivity contribution in [2.45, 2.75) is 0 Å². The Labute approximate surface area is 420 Å². The van der Waals surface area contributed by atoms with Crippen molar-refractivity contribution >= 4 is 109 Å². The maximum Gasteiger partial charge on any atom is 0.160 e. The van der Waals surface area contributed by atoms with E-state index >= 15 is 0 Å². The molecular formula is C65H37N5O2S. The van der Waals surface area contributed by atoms with E-state index in [-0.39, 0.29) is 0 Å². The third kappa shape index (κ3) is 6.08. The zero-order chi connectivity index (χ0) is 47.7. The lowest BCUT2D eigenvalue weighted by Gasteiger charge is -2.12. The largest absolute Gasteiger partial charge is 0.456 e. The van der Waals surface area contributed by atoms with Crippen molar-refractivity contribution in [3.05, 3.63) is 224 Å². The van der Waals surface area contributed by atoms with E-state index in [1.54, 1.807) is 11.3 Å². The summed E-state index contributed by atoms with van der Waals surface area (Å²) in [6.45, 7) is 0. The van der Waals surface area contributed by atoms with Crippen LogP contribution in [-0.4, -0.2) is 24.1 Å². The van der Waals surface area contributed by atoms with Crippen LogP contribution in [-0.2, 0) is 0 Å². The molecule has 0 fully saturated rings. The van der Waals surface area contributed by atoms with Gasteiger partial charge in [0, 0.05) is 71.2 Å². The fourth-order valence-corrected chi connectivity index (χ4v) is 12.1. The molecule has 0 N–H and O–H groups in total. The third-order valence-electron chi connectivity index (χ3n) is 14.7. The molecule has 16 rings (SSSR count). The van der Waals surface area contributed by atoms with Crippen molar-refractivity contribution in [1.82, 2.24) is 24.1 Å². The first kappa shape index (κ1) is 40.1. The van der Waals surface area contributed by atoms with Gasteiger partial charge >= 0.3 is 0 Å². The Morgan fingerprint density at radius 1 is 0.342 bits per heavy atom. The summed E-state index contributed by atoms with van der Waals surface area (Å²) in [5, 5.41) is 9.18. The minimum absolute atomic E-state index is 0.656. The number of furan rings is 2. The van der Waals surface area contributed by atoms with Crippen LogP contribution in [0.4, 0.5) is 0 Å². The first-order valence-corrected chi connectivity index (χ1v) is 25.3. The van der Waals surface area contributed by atoms with Crippen LogP contribution in [0.3, 0.4) is 0 Å². The molecule has 0 unspecified atom stereocenters. The second kappa shape index (κ2) is 15.4. The molecule has 0 spiro atoms. The average Bonchev–Trinajstić information content (AvgIpc) is 4.29. The lowest BCUT2D eigenvalue weighted by molar-refractivity contribution is 0.669. The number of hydrogen-bond acceptors (Lipinski definition) is 6. The van der Waals surface area contributed by atoms with Gasteiger partial charge in [-0.2, -0.15) is 0 Å². The first-order chi connectivity index (χ1) is 36.2. The van der Waals surface area contributed by atoms with Gasteiger partial charge in [-0.15, -0.1) is 11.3 Å². The maximum atomic E-state index is 6.62. The smallest absolute Gasteiger partial charge is 0.160 e. The van der Waals surface area contributed by atoms with Crippen molar-refractivity contribution < 1.29 is 8.83 Å². The Morgan fingerprint density at radius 3 is 1.66 bits per heavy atom. The quantitative estimate of drug-likeness (QED) is 0.166. The molecule has 0 saturated heterocycles. The predicted octanol–water partition coefficient (Wildman–Crippen LogP) is 17.7. The average molecular weight is 952 g/mol. The van der Waals surface area contributed by atoms with Crippen LogP contribution in [0.5, 0.6) is 0 Å². The molecular weight excluding hydrogens is 915 g/mol. The van der Waals surface area contributed by atoms with Gasteiger partial charge in [0.15, 0.2) is 5.82 Å². The normalized spacial score (nSPS) is 12.1. The summed E-state index contributed by atoms with van der Waals surface area (Å²) >= 11 is 1.66. The van der Waals surface area contributed by atoms with E-state index in [4.69, 9.17) is 18.8 Å². The number of aromatic nitrogens is 5. The van der Waals surface area contributed by atoms with Crippen molar-refractivity contribution in [2.75, 3.05) is 0 Å². The highest BCUT2D eigenvalue weighted by Crippen LogP contribution is 2.44. The molecule has 0 aliphatic heterocycles. The van der Waals surface area contributed by atoms with Crippen LogP contribution in [0.2, 0.25) is 0 Å². The molecule has 8 heteroatoms. The third-order valence-corrected chi connectivity index (χ3v) is 15.5. The summed E-state index contributed by atoms with van der Waals surface area (Å²) in [7, 11) is 0. The summed E-state index contributed by atoms with van der Waals surface area (Å²) in [6, 6.07) is 77.1. The van der Waals surface area contributed by atoms with Gasteiger partial charge in [0.2, 0.25) is 0 Å². The second-order valence-corrected chi connectivity index (χ2v) is 19.6. The van der Waals surface area contributed by atoms with Gasteiger partial charge in [0.25, 0.3) is 0 Å². The number of thiazole rings is 1. The highest BCUT2D eigenvalue weighted by atomic mass is 32.1. The molecule has 6 heterocycles. The predicted molar refractivity (Wildman–Crippen MR) is 300 cm³/mol. The van der Waals surface area contributed by atoms with E-state index in [1.165, 1.54) is 21.5 Å². The summed E-state index contributed by atoms with van der Waals surface area (Å²) in [5.41, 5.74) is 19.9. The number of hydrogen-bond donors (Lipinski definition) is 0. The Hall–Kier alpha value is -9.63. The molecule has 0 atom stereocenters. The summed E-state index contributed by atoms with van der Waals surface area (Å²) in [6.07, 6.45) is 0. The SMILES string of the molecule is c1ccc(-c2cc(-c3cccc(-c4ccc5oc6ccc7c(c8ccccc8n7-c7ccc8ncsc8c7)c6c5c4)c3)nc(-c3ccc(-n4c5ccccc5c5c6c(ccc54)oc4ccccc46)cc3)n2)cc1. The zero-order valence-electron chi connectivity index (χ0n) is 38.8. The fourth-order valence-electron chi connectivity index (χ4n) is 11.4. The number of rotatable bonds is 6. The van der Waals surface area contributed by atoms with Crippen molar-refractivity contribution in [1.29, 1.82) is 0 Å².